The number of benzene rings is 2. The van der Waals surface area contributed by atoms with Crippen LogP contribution in [-0.4, -0.2) is 26.2 Å². The molecule has 4 rings (SSSR count). The Morgan fingerprint density at radius 1 is 1.13 bits per heavy atom. The van der Waals surface area contributed by atoms with E-state index < -0.39 is 10.9 Å². The van der Waals surface area contributed by atoms with Crippen molar-refractivity contribution in [3.05, 3.63) is 87.0 Å². The molecule has 154 valence electrons. The number of hydrogen-bond donors (Lipinski definition) is 1. The molecule has 1 fully saturated rings. The number of thiocarbonyl (C=S) groups is 1. The number of hydrogen-bond acceptors (Lipinski definition) is 7. The van der Waals surface area contributed by atoms with Gasteiger partial charge in [0.05, 0.1) is 21.1 Å². The van der Waals surface area contributed by atoms with E-state index in [-0.39, 0.29) is 21.5 Å². The monoisotopic (exact) mass is 452 g/mol. The Labute approximate surface area is 184 Å². The molecular formula is C21H12N2O6S2. The number of thioether (sulfide) groups is 1. The van der Waals surface area contributed by atoms with Crippen LogP contribution < -0.4 is 4.90 Å². The lowest BCUT2D eigenvalue weighted by Gasteiger charge is -2.13. The lowest BCUT2D eigenvalue weighted by Crippen LogP contribution is -2.27. The standard InChI is InChI=1S/C21H12N2O6S2/c24-19-18(31-21(30)22(19)12-5-7-13(8-6-12)23(27)28)11-14-9-10-17(29-14)15-3-1-2-4-16(15)20(25)26/h1-11H,(H,25,26)/b18-11+. The van der Waals surface area contributed by atoms with Crippen LogP contribution in [0.2, 0.25) is 0 Å². The minimum Gasteiger partial charge on any atom is -0.478 e. The largest absolute Gasteiger partial charge is 0.478 e. The minimum atomic E-state index is -1.07. The molecule has 8 nitrogen and oxygen atoms in total. The van der Waals surface area contributed by atoms with Crippen molar-refractivity contribution in [2.24, 2.45) is 0 Å². The van der Waals surface area contributed by atoms with Gasteiger partial charge in [0.2, 0.25) is 0 Å². The highest BCUT2D eigenvalue weighted by atomic mass is 32.2. The Hall–Kier alpha value is -3.76. The number of carbonyl (C=O) groups is 2. The molecule has 0 spiro atoms. The smallest absolute Gasteiger partial charge is 0.336 e. The van der Waals surface area contributed by atoms with Crippen molar-refractivity contribution in [1.82, 2.24) is 0 Å². The van der Waals surface area contributed by atoms with Gasteiger partial charge in [0, 0.05) is 23.8 Å². The van der Waals surface area contributed by atoms with Gasteiger partial charge in [-0.15, -0.1) is 0 Å². The highest BCUT2D eigenvalue weighted by Crippen LogP contribution is 2.37. The van der Waals surface area contributed by atoms with Gasteiger partial charge >= 0.3 is 5.97 Å². The van der Waals surface area contributed by atoms with E-state index in [1.807, 2.05) is 0 Å². The fourth-order valence-electron chi connectivity index (χ4n) is 3.00. The third kappa shape index (κ3) is 3.98. The molecule has 1 N–H and O–H groups in total. The number of aromatic carboxylic acids is 1. The average molecular weight is 452 g/mol. The Balaban J connectivity index is 1.61. The van der Waals surface area contributed by atoms with Crippen molar-refractivity contribution in [1.29, 1.82) is 0 Å². The van der Waals surface area contributed by atoms with Crippen molar-refractivity contribution < 1.29 is 24.0 Å². The third-order valence-electron chi connectivity index (χ3n) is 4.44. The van der Waals surface area contributed by atoms with E-state index in [4.69, 9.17) is 16.6 Å². The van der Waals surface area contributed by atoms with E-state index in [0.717, 1.165) is 11.8 Å². The summed E-state index contributed by atoms with van der Waals surface area (Å²) in [6.07, 6.45) is 1.53. The Morgan fingerprint density at radius 2 is 1.84 bits per heavy atom. The van der Waals surface area contributed by atoms with E-state index in [1.165, 1.54) is 41.3 Å². The Bertz CT molecular complexity index is 1260. The lowest BCUT2D eigenvalue weighted by molar-refractivity contribution is -0.384. The molecule has 2 aromatic carbocycles. The maximum absolute atomic E-state index is 12.9. The highest BCUT2D eigenvalue weighted by Gasteiger charge is 2.33. The minimum absolute atomic E-state index is 0.0884. The second-order valence-corrected chi connectivity index (χ2v) is 8.02. The normalized spacial score (nSPS) is 15.0. The van der Waals surface area contributed by atoms with E-state index in [1.54, 1.807) is 30.3 Å². The first-order valence-corrected chi connectivity index (χ1v) is 10.0. The molecule has 1 aliphatic rings. The topological polar surface area (TPSA) is 114 Å². The van der Waals surface area contributed by atoms with Gasteiger partial charge in [0.1, 0.15) is 11.5 Å². The van der Waals surface area contributed by atoms with Crippen LogP contribution in [0.25, 0.3) is 17.4 Å². The maximum atomic E-state index is 12.9. The summed E-state index contributed by atoms with van der Waals surface area (Å²) in [6.45, 7) is 0. The van der Waals surface area contributed by atoms with Gasteiger partial charge in [-0.05, 0) is 30.3 Å². The lowest BCUT2D eigenvalue weighted by atomic mass is 10.1. The molecule has 1 aliphatic heterocycles. The molecule has 0 saturated carbocycles. The quantitative estimate of drug-likeness (QED) is 0.250. The zero-order chi connectivity index (χ0) is 22.1. The summed E-state index contributed by atoms with van der Waals surface area (Å²) < 4.78 is 6.03. The number of anilines is 1. The van der Waals surface area contributed by atoms with Crippen LogP contribution in [0.1, 0.15) is 16.1 Å². The molecule has 10 heteroatoms. The second-order valence-electron chi connectivity index (χ2n) is 6.34. The van der Waals surface area contributed by atoms with Crippen LogP contribution >= 0.6 is 24.0 Å². The first-order chi connectivity index (χ1) is 14.8. The fourth-order valence-corrected chi connectivity index (χ4v) is 4.28. The molecule has 2 heterocycles. The van der Waals surface area contributed by atoms with Crippen molar-refractivity contribution in [2.75, 3.05) is 4.90 Å². The fraction of sp³-hybridized carbons (Fsp3) is 0. The third-order valence-corrected chi connectivity index (χ3v) is 5.74. The van der Waals surface area contributed by atoms with Crippen molar-refractivity contribution in [2.45, 2.75) is 0 Å². The Morgan fingerprint density at radius 3 is 2.52 bits per heavy atom. The second kappa shape index (κ2) is 8.17. The summed E-state index contributed by atoms with van der Waals surface area (Å²) in [5.74, 6) is -0.736. The number of carboxylic acid groups (broad SMARTS) is 1. The highest BCUT2D eigenvalue weighted by molar-refractivity contribution is 8.27. The van der Waals surface area contributed by atoms with Gasteiger partial charge in [0.25, 0.3) is 11.6 Å². The van der Waals surface area contributed by atoms with Crippen LogP contribution in [0.3, 0.4) is 0 Å². The molecule has 31 heavy (non-hydrogen) atoms. The summed E-state index contributed by atoms with van der Waals surface area (Å²) >= 11 is 6.38. The number of nitro groups is 1. The summed E-state index contributed by atoms with van der Waals surface area (Å²) in [4.78, 5) is 36.2. The van der Waals surface area contributed by atoms with Crippen LogP contribution in [-0.2, 0) is 4.79 Å². The SMILES string of the molecule is O=C(O)c1ccccc1-c1ccc(/C=C2/SC(=S)N(c3ccc([N+](=O)[O-])cc3)C2=O)o1. The number of nitrogens with zero attached hydrogens (tertiary/aromatic N) is 2. The predicted molar refractivity (Wildman–Crippen MR) is 120 cm³/mol. The maximum Gasteiger partial charge on any atom is 0.336 e. The Kier molecular flexibility index (Phi) is 5.40. The molecule has 0 aliphatic carbocycles. The summed E-state index contributed by atoms with van der Waals surface area (Å²) in [5, 5.41) is 20.2. The van der Waals surface area contributed by atoms with Crippen LogP contribution in [0.5, 0.6) is 0 Å². The zero-order valence-corrected chi connectivity index (χ0v) is 17.2. The van der Waals surface area contributed by atoms with Gasteiger partial charge in [-0.3, -0.25) is 19.8 Å². The number of carboxylic acids is 1. The average Bonchev–Trinajstić information content (AvgIpc) is 3.32. The van der Waals surface area contributed by atoms with E-state index in [0.29, 0.717) is 27.7 Å². The van der Waals surface area contributed by atoms with Gasteiger partial charge in [-0.2, -0.15) is 0 Å². The summed E-state index contributed by atoms with van der Waals surface area (Å²) in [6, 6.07) is 15.2. The first kappa shape index (κ1) is 20.5. The van der Waals surface area contributed by atoms with Crippen molar-refractivity contribution in [3.8, 4) is 11.3 Å². The van der Waals surface area contributed by atoms with Crippen LogP contribution in [0.4, 0.5) is 11.4 Å². The van der Waals surface area contributed by atoms with Gasteiger partial charge < -0.3 is 9.52 Å². The van der Waals surface area contributed by atoms with E-state index in [2.05, 4.69) is 0 Å². The van der Waals surface area contributed by atoms with Gasteiger partial charge in [0.15, 0.2) is 4.32 Å². The number of furan rings is 1. The van der Waals surface area contributed by atoms with E-state index >= 15 is 0 Å². The molecule has 1 amide bonds. The summed E-state index contributed by atoms with van der Waals surface area (Å²) in [5.41, 5.74) is 0.863. The zero-order valence-electron chi connectivity index (χ0n) is 15.6. The summed E-state index contributed by atoms with van der Waals surface area (Å²) in [7, 11) is 0. The molecule has 1 saturated heterocycles. The molecule has 0 unspecified atom stereocenters. The van der Waals surface area contributed by atoms with E-state index in [9.17, 15) is 24.8 Å². The predicted octanol–water partition coefficient (Wildman–Crippen LogP) is 4.96. The molecule has 1 aromatic heterocycles. The van der Waals surface area contributed by atoms with Crippen molar-refractivity contribution in [3.63, 3.8) is 0 Å². The molecule has 0 atom stereocenters. The van der Waals surface area contributed by atoms with Crippen molar-refractivity contribution >= 4 is 57.6 Å². The number of carbonyl (C=O) groups excluding carboxylic acids is 1. The molecule has 3 aromatic rings. The number of nitro benzene ring substituents is 1. The molecule has 0 radical (unpaired) electrons. The number of non-ortho nitro benzene ring substituents is 1. The first-order valence-electron chi connectivity index (χ1n) is 8.80. The van der Waals surface area contributed by atoms with Crippen LogP contribution in [0.15, 0.2) is 70.0 Å². The van der Waals surface area contributed by atoms with Crippen LogP contribution in [0, 0.1) is 10.1 Å². The number of rotatable bonds is 5. The molecule has 0 bridgehead atoms. The molecular weight excluding hydrogens is 440 g/mol. The van der Waals surface area contributed by atoms with Gasteiger partial charge in [-0.25, -0.2) is 4.79 Å². The number of amides is 1. The van der Waals surface area contributed by atoms with Gasteiger partial charge in [-0.1, -0.05) is 42.2 Å².